The fraction of sp³-hybridized carbons (Fsp3) is 0.286. The number of likely N-dealkylation sites (N-methyl/N-ethyl adjacent to an activating group) is 1. The highest BCUT2D eigenvalue weighted by atomic mass is 32.2. The molecule has 3 rings (SSSR count). The molecule has 0 saturated carbocycles. The molecule has 2 aromatic rings. The van der Waals surface area contributed by atoms with Crippen LogP contribution >= 0.6 is 11.8 Å². The Balaban J connectivity index is 1.68. The Morgan fingerprint density at radius 1 is 1.27 bits per heavy atom. The Bertz CT molecular complexity index is 969. The summed E-state index contributed by atoms with van der Waals surface area (Å²) in [6.45, 7) is 2.64. The first-order chi connectivity index (χ1) is 14.5. The smallest absolute Gasteiger partial charge is 0.278 e. The number of nitrogens with one attached hydrogen (secondary N) is 1. The van der Waals surface area contributed by atoms with Crippen molar-refractivity contribution in [1.29, 1.82) is 0 Å². The van der Waals surface area contributed by atoms with Crippen LogP contribution in [0.1, 0.15) is 18.2 Å². The molecular formula is C21H23N3O5S. The number of hydrogen-bond donors (Lipinski definition) is 1. The molecule has 0 atom stereocenters. The Kier molecular flexibility index (Phi) is 7.18. The molecule has 1 N–H and O–H groups in total. The first-order valence-electron chi connectivity index (χ1n) is 9.31. The Morgan fingerprint density at radius 2 is 2.07 bits per heavy atom. The van der Waals surface area contributed by atoms with Crippen LogP contribution in [0.25, 0.3) is 6.08 Å². The monoisotopic (exact) mass is 429 g/mol. The van der Waals surface area contributed by atoms with E-state index in [4.69, 9.17) is 13.9 Å². The zero-order valence-corrected chi connectivity index (χ0v) is 17.8. The summed E-state index contributed by atoms with van der Waals surface area (Å²) in [4.78, 5) is 30.8. The quantitative estimate of drug-likeness (QED) is 0.649. The number of rotatable bonds is 8. The summed E-state index contributed by atoms with van der Waals surface area (Å²) in [7, 11) is 3.12. The van der Waals surface area contributed by atoms with Gasteiger partial charge in [0, 0.05) is 6.54 Å². The number of methoxy groups -OCH3 is 2. The van der Waals surface area contributed by atoms with Crippen LogP contribution < -0.4 is 14.8 Å². The minimum atomic E-state index is -0.203. The number of thioether (sulfide) groups is 1. The van der Waals surface area contributed by atoms with Crippen LogP contribution in [0, 0.1) is 0 Å². The maximum absolute atomic E-state index is 12.7. The molecular weight excluding hydrogens is 406 g/mol. The van der Waals surface area contributed by atoms with Gasteiger partial charge in [0.25, 0.3) is 5.91 Å². The third-order valence-electron chi connectivity index (χ3n) is 4.31. The lowest BCUT2D eigenvalue weighted by Gasteiger charge is -2.14. The molecule has 1 aliphatic heterocycles. The zero-order chi connectivity index (χ0) is 21.5. The predicted octanol–water partition coefficient (Wildman–Crippen LogP) is 2.91. The van der Waals surface area contributed by atoms with Gasteiger partial charge in [-0.25, -0.2) is 4.99 Å². The topological polar surface area (TPSA) is 93.4 Å². The van der Waals surface area contributed by atoms with E-state index in [0.717, 1.165) is 5.56 Å². The first-order valence-corrected chi connectivity index (χ1v) is 10.3. The van der Waals surface area contributed by atoms with Crippen molar-refractivity contribution in [3.63, 3.8) is 0 Å². The first kappa shape index (κ1) is 21.5. The lowest BCUT2D eigenvalue weighted by molar-refractivity contribution is -0.122. The van der Waals surface area contributed by atoms with Crippen molar-refractivity contribution in [3.05, 3.63) is 53.6 Å². The van der Waals surface area contributed by atoms with Gasteiger partial charge in [0.2, 0.25) is 5.91 Å². The number of aliphatic imine (C=N–C) groups is 1. The molecule has 8 nitrogen and oxygen atoms in total. The van der Waals surface area contributed by atoms with E-state index in [1.54, 1.807) is 55.7 Å². The van der Waals surface area contributed by atoms with Gasteiger partial charge < -0.3 is 19.2 Å². The van der Waals surface area contributed by atoms with Crippen LogP contribution in [-0.4, -0.2) is 48.4 Å². The van der Waals surface area contributed by atoms with E-state index in [1.807, 2.05) is 13.0 Å². The number of hydrogen-bond acceptors (Lipinski definition) is 7. The highest BCUT2D eigenvalue weighted by Crippen LogP contribution is 2.30. The predicted molar refractivity (Wildman–Crippen MR) is 115 cm³/mol. The molecule has 0 aliphatic carbocycles. The van der Waals surface area contributed by atoms with E-state index >= 15 is 0 Å². The van der Waals surface area contributed by atoms with Crippen LogP contribution in [0.15, 0.2) is 51.7 Å². The maximum Gasteiger partial charge on any atom is 0.278 e. The summed E-state index contributed by atoms with van der Waals surface area (Å²) in [5.41, 5.74) is 1.07. The van der Waals surface area contributed by atoms with Crippen LogP contribution in [-0.2, 0) is 16.1 Å². The standard InChI is InChI=1S/C21H23N3O5S/c1-4-24-20(26)16(10-14-7-8-17(27-2)18(11-14)28-3)23-21(24)30-13-19(25)22-12-15-6-5-9-29-15/h5-11H,4,12-13H2,1-3H3,(H,22,25)/b16-10-. The van der Waals surface area contributed by atoms with Crippen LogP contribution in [0.5, 0.6) is 11.5 Å². The second-order valence-corrected chi connectivity index (χ2v) is 7.18. The lowest BCUT2D eigenvalue weighted by Crippen LogP contribution is -2.32. The van der Waals surface area contributed by atoms with Gasteiger partial charge in [0.1, 0.15) is 11.5 Å². The van der Waals surface area contributed by atoms with E-state index in [1.165, 1.54) is 11.8 Å². The summed E-state index contributed by atoms with van der Waals surface area (Å²) < 4.78 is 15.7. The Labute approximate surface area is 178 Å². The maximum atomic E-state index is 12.7. The zero-order valence-electron chi connectivity index (χ0n) is 17.0. The summed E-state index contributed by atoms with van der Waals surface area (Å²) in [6, 6.07) is 8.92. The fourth-order valence-electron chi connectivity index (χ4n) is 2.80. The van der Waals surface area contributed by atoms with Crippen LogP contribution in [0.4, 0.5) is 0 Å². The highest BCUT2D eigenvalue weighted by Gasteiger charge is 2.29. The molecule has 30 heavy (non-hydrogen) atoms. The van der Waals surface area contributed by atoms with Crippen LogP contribution in [0.2, 0.25) is 0 Å². The van der Waals surface area contributed by atoms with Gasteiger partial charge in [-0.05, 0) is 42.8 Å². The van der Waals surface area contributed by atoms with Gasteiger partial charge in [-0.3, -0.25) is 14.5 Å². The number of carbonyl (C=O) groups excluding carboxylic acids is 2. The second kappa shape index (κ2) is 10.0. The van der Waals surface area contributed by atoms with Crippen molar-refractivity contribution in [3.8, 4) is 11.5 Å². The Morgan fingerprint density at radius 3 is 2.73 bits per heavy atom. The fourth-order valence-corrected chi connectivity index (χ4v) is 3.69. The minimum absolute atomic E-state index is 0.146. The van der Waals surface area contributed by atoms with E-state index < -0.39 is 0 Å². The number of furan rings is 1. The lowest BCUT2D eigenvalue weighted by atomic mass is 10.1. The number of amides is 2. The van der Waals surface area contributed by atoms with Crippen molar-refractivity contribution in [2.75, 3.05) is 26.5 Å². The average molecular weight is 429 g/mol. The number of nitrogens with zero attached hydrogens (tertiary/aromatic N) is 2. The number of amidine groups is 1. The molecule has 1 aromatic carbocycles. The molecule has 1 aromatic heterocycles. The van der Waals surface area contributed by atoms with Crippen LogP contribution in [0.3, 0.4) is 0 Å². The van der Waals surface area contributed by atoms with Gasteiger partial charge in [-0.2, -0.15) is 0 Å². The SMILES string of the molecule is CCN1C(=O)/C(=C/c2ccc(OC)c(OC)c2)N=C1SCC(=O)NCc1ccco1. The van der Waals surface area contributed by atoms with Crippen molar-refractivity contribution in [1.82, 2.24) is 10.2 Å². The van der Waals surface area contributed by atoms with E-state index in [2.05, 4.69) is 10.3 Å². The van der Waals surface area contributed by atoms with Gasteiger partial charge in [-0.1, -0.05) is 17.8 Å². The molecule has 0 radical (unpaired) electrons. The molecule has 0 fully saturated rings. The van der Waals surface area contributed by atoms with E-state index in [-0.39, 0.29) is 17.6 Å². The molecule has 2 heterocycles. The molecule has 0 saturated heterocycles. The van der Waals surface area contributed by atoms with Gasteiger partial charge >= 0.3 is 0 Å². The number of ether oxygens (including phenoxy) is 2. The minimum Gasteiger partial charge on any atom is -0.493 e. The molecule has 0 bridgehead atoms. The number of benzene rings is 1. The van der Waals surface area contributed by atoms with Gasteiger partial charge in [0.15, 0.2) is 16.7 Å². The molecule has 0 unspecified atom stereocenters. The van der Waals surface area contributed by atoms with Crippen molar-refractivity contribution in [2.45, 2.75) is 13.5 Å². The second-order valence-electron chi connectivity index (χ2n) is 6.23. The molecule has 9 heteroatoms. The summed E-state index contributed by atoms with van der Waals surface area (Å²) in [5.74, 6) is 1.62. The molecule has 0 spiro atoms. The van der Waals surface area contributed by atoms with E-state index in [0.29, 0.717) is 41.2 Å². The van der Waals surface area contributed by atoms with Crippen molar-refractivity contribution < 1.29 is 23.5 Å². The summed E-state index contributed by atoms with van der Waals surface area (Å²) in [6.07, 6.45) is 3.25. The third kappa shape index (κ3) is 5.04. The summed E-state index contributed by atoms with van der Waals surface area (Å²) >= 11 is 1.22. The average Bonchev–Trinajstić information content (AvgIpc) is 3.38. The van der Waals surface area contributed by atoms with Gasteiger partial charge in [-0.15, -0.1) is 0 Å². The number of carbonyl (C=O) groups is 2. The Hall–Kier alpha value is -3.20. The molecule has 158 valence electrons. The summed E-state index contributed by atoms with van der Waals surface area (Å²) in [5, 5.41) is 3.28. The largest absolute Gasteiger partial charge is 0.493 e. The van der Waals surface area contributed by atoms with E-state index in [9.17, 15) is 9.59 Å². The highest BCUT2D eigenvalue weighted by molar-refractivity contribution is 8.14. The molecule has 2 amide bonds. The normalized spacial score (nSPS) is 14.8. The van der Waals surface area contributed by atoms with Crippen molar-refractivity contribution >= 4 is 34.8 Å². The van der Waals surface area contributed by atoms with Crippen molar-refractivity contribution in [2.24, 2.45) is 4.99 Å². The molecule has 1 aliphatic rings. The van der Waals surface area contributed by atoms with Gasteiger partial charge in [0.05, 0.1) is 32.8 Å². The third-order valence-corrected chi connectivity index (χ3v) is 5.29.